The second-order valence-electron chi connectivity index (χ2n) is 9.83. The largest absolute Gasteiger partial charge is 0.379 e. The summed E-state index contributed by atoms with van der Waals surface area (Å²) in [7, 11) is 0. The maximum absolute atomic E-state index is 5.45. The van der Waals surface area contributed by atoms with Crippen molar-refractivity contribution in [2.24, 2.45) is 5.41 Å². The Bertz CT molecular complexity index is 921. The van der Waals surface area contributed by atoms with Crippen LogP contribution in [0.1, 0.15) is 66.5 Å². The van der Waals surface area contributed by atoms with Crippen LogP contribution in [0, 0.1) is 36.6 Å². The zero-order chi connectivity index (χ0) is 21.7. The van der Waals surface area contributed by atoms with Gasteiger partial charge in [-0.3, -0.25) is 4.90 Å². The predicted octanol–water partition coefficient (Wildman–Crippen LogP) is 6.59. The number of hydrogen-bond acceptors (Lipinski definition) is 3. The smallest absolute Gasteiger partial charge is 0.0594 e. The lowest BCUT2D eigenvalue weighted by atomic mass is 9.83. The van der Waals surface area contributed by atoms with Gasteiger partial charge in [-0.1, -0.05) is 45.4 Å². The van der Waals surface area contributed by atoms with Crippen molar-refractivity contribution in [3.05, 3.63) is 55.1 Å². The summed E-state index contributed by atoms with van der Waals surface area (Å²) in [4.78, 5) is 5.74. The molecule has 1 fully saturated rings. The van der Waals surface area contributed by atoms with Crippen LogP contribution in [0.4, 0.5) is 0 Å². The molecule has 0 amide bonds. The molecular weight excluding hydrogens is 386 g/mol. The monoisotopic (exact) mass is 427 g/mol. The van der Waals surface area contributed by atoms with E-state index in [4.69, 9.17) is 4.74 Å². The molecule has 4 rings (SSSR count). The standard InChI is InChI=1S/C20H35NOS.C7H6/c1-6-7-18-16(2)17(3)23-19(18)8-9-20(4,5)10-11-21-12-14-22-15-13-21;1-5-4-6-2-3-7(5)6/h6-15H2,1-5H3;2-4H,1H3. The molecule has 0 aromatic carbocycles. The van der Waals surface area contributed by atoms with Crippen LogP contribution in [0.3, 0.4) is 0 Å². The average Bonchev–Trinajstić information content (AvgIpc) is 2.98. The molecule has 0 saturated carbocycles. The number of aryl methyl sites for hydroxylation is 3. The normalized spacial score (nSPS) is 15.7. The molecule has 1 aromatic heterocycles. The predicted molar refractivity (Wildman–Crippen MR) is 131 cm³/mol. The molecule has 3 aliphatic rings. The van der Waals surface area contributed by atoms with E-state index in [1.165, 1.54) is 59.5 Å². The van der Waals surface area contributed by atoms with Crippen LogP contribution in [-0.2, 0) is 17.6 Å². The highest BCUT2D eigenvalue weighted by Gasteiger charge is 2.22. The van der Waals surface area contributed by atoms with E-state index in [2.05, 4.69) is 64.6 Å². The van der Waals surface area contributed by atoms with Crippen molar-refractivity contribution in [3.63, 3.8) is 0 Å². The van der Waals surface area contributed by atoms with Crippen molar-refractivity contribution in [1.82, 2.24) is 4.90 Å². The lowest BCUT2D eigenvalue weighted by molar-refractivity contribution is 0.0323. The van der Waals surface area contributed by atoms with E-state index in [-0.39, 0.29) is 0 Å². The Morgan fingerprint density at radius 1 is 1.03 bits per heavy atom. The Kier molecular flexibility index (Phi) is 8.17. The quantitative estimate of drug-likeness (QED) is 0.402. The van der Waals surface area contributed by atoms with E-state index in [0.29, 0.717) is 5.41 Å². The molecule has 2 heterocycles. The fraction of sp³-hybridized carbons (Fsp3) is 0.630. The summed E-state index contributed by atoms with van der Waals surface area (Å²) in [6.07, 6.45) is 6.35. The zero-order valence-electron chi connectivity index (χ0n) is 20.1. The van der Waals surface area contributed by atoms with E-state index in [9.17, 15) is 0 Å². The number of hydrogen-bond donors (Lipinski definition) is 0. The molecule has 0 N–H and O–H groups in total. The Morgan fingerprint density at radius 2 is 1.77 bits per heavy atom. The second-order valence-corrected chi connectivity index (χ2v) is 11.1. The summed E-state index contributed by atoms with van der Waals surface area (Å²) in [6, 6.07) is 6.50. The van der Waals surface area contributed by atoms with Crippen LogP contribution in [0.15, 0.2) is 18.2 Å². The van der Waals surface area contributed by atoms with Crippen LogP contribution in [0.2, 0.25) is 0 Å². The summed E-state index contributed by atoms with van der Waals surface area (Å²) in [5.74, 6) is 0. The number of ether oxygens (including phenoxy) is 1. The third-order valence-electron chi connectivity index (χ3n) is 6.87. The molecule has 0 atom stereocenters. The number of thiophene rings is 1. The van der Waals surface area contributed by atoms with Gasteiger partial charge in [-0.2, -0.15) is 0 Å². The van der Waals surface area contributed by atoms with E-state index in [0.717, 1.165) is 26.3 Å². The van der Waals surface area contributed by atoms with Crippen LogP contribution in [0.25, 0.3) is 0 Å². The SMILES string of the molecule is CCCc1c(CCC(C)(C)CCN2CCOCC2)sc(C)c1C.Cc1cc2ccc1=2. The highest BCUT2D eigenvalue weighted by Crippen LogP contribution is 2.34. The van der Waals surface area contributed by atoms with Gasteiger partial charge in [-0.05, 0) is 85.5 Å². The molecule has 1 aliphatic heterocycles. The van der Waals surface area contributed by atoms with E-state index < -0.39 is 0 Å². The van der Waals surface area contributed by atoms with Gasteiger partial charge in [0.25, 0.3) is 0 Å². The number of rotatable bonds is 8. The molecule has 2 nitrogen and oxygen atoms in total. The maximum atomic E-state index is 5.45. The van der Waals surface area contributed by atoms with Crippen molar-refractivity contribution < 1.29 is 4.74 Å². The van der Waals surface area contributed by atoms with Crippen LogP contribution in [-0.4, -0.2) is 37.7 Å². The number of benzene rings is 1. The van der Waals surface area contributed by atoms with Gasteiger partial charge in [0.1, 0.15) is 0 Å². The van der Waals surface area contributed by atoms with Crippen molar-refractivity contribution in [3.8, 4) is 0 Å². The highest BCUT2D eigenvalue weighted by molar-refractivity contribution is 7.12. The Balaban J connectivity index is 0.000000302. The third-order valence-corrected chi connectivity index (χ3v) is 8.18. The topological polar surface area (TPSA) is 12.5 Å². The van der Waals surface area contributed by atoms with Crippen molar-refractivity contribution in [1.29, 1.82) is 0 Å². The van der Waals surface area contributed by atoms with Crippen molar-refractivity contribution in [2.75, 3.05) is 32.8 Å². The molecule has 166 valence electrons. The first-order chi connectivity index (χ1) is 14.3. The molecule has 0 unspecified atom stereocenters. The molecule has 2 aliphatic carbocycles. The molecule has 1 aromatic rings. The van der Waals surface area contributed by atoms with Gasteiger partial charge in [0.05, 0.1) is 13.2 Å². The fourth-order valence-electron chi connectivity index (χ4n) is 4.37. The minimum atomic E-state index is 0.424. The molecule has 0 radical (unpaired) electrons. The molecule has 0 spiro atoms. The van der Waals surface area contributed by atoms with Crippen molar-refractivity contribution >= 4 is 11.3 Å². The number of morpholine rings is 1. The van der Waals surface area contributed by atoms with Crippen molar-refractivity contribution in [2.45, 2.75) is 73.6 Å². The third kappa shape index (κ3) is 5.96. The molecule has 30 heavy (non-hydrogen) atoms. The lowest BCUT2D eigenvalue weighted by Crippen LogP contribution is -2.38. The Labute approximate surface area is 188 Å². The van der Waals surface area contributed by atoms with E-state index in [1.54, 1.807) is 16.0 Å². The lowest BCUT2D eigenvalue weighted by Gasteiger charge is -2.31. The van der Waals surface area contributed by atoms with Crippen LogP contribution >= 0.6 is 11.3 Å². The van der Waals surface area contributed by atoms with E-state index in [1.807, 2.05) is 11.3 Å². The average molecular weight is 428 g/mol. The molecule has 3 heteroatoms. The maximum Gasteiger partial charge on any atom is 0.0594 e. The molecule has 1 saturated heterocycles. The minimum absolute atomic E-state index is 0.424. The Hall–Kier alpha value is -1.16. The summed E-state index contributed by atoms with van der Waals surface area (Å²) >= 11 is 2.04. The van der Waals surface area contributed by atoms with Gasteiger partial charge in [0, 0.05) is 22.8 Å². The highest BCUT2D eigenvalue weighted by atomic mass is 32.1. The van der Waals surface area contributed by atoms with Gasteiger partial charge < -0.3 is 4.74 Å². The summed E-state index contributed by atoms with van der Waals surface area (Å²) < 4.78 is 5.45. The first-order valence-corrected chi connectivity index (χ1v) is 12.6. The van der Waals surface area contributed by atoms with Gasteiger partial charge in [0.2, 0.25) is 0 Å². The van der Waals surface area contributed by atoms with Gasteiger partial charge in [-0.15, -0.1) is 11.3 Å². The van der Waals surface area contributed by atoms with Gasteiger partial charge in [0.15, 0.2) is 0 Å². The summed E-state index contributed by atoms with van der Waals surface area (Å²) in [6.45, 7) is 19.2. The summed E-state index contributed by atoms with van der Waals surface area (Å²) in [5.41, 5.74) is 5.07. The Morgan fingerprint density at radius 3 is 2.27 bits per heavy atom. The van der Waals surface area contributed by atoms with Crippen LogP contribution in [0.5, 0.6) is 0 Å². The molecule has 0 bridgehead atoms. The second kappa shape index (κ2) is 10.4. The van der Waals surface area contributed by atoms with Gasteiger partial charge in [-0.25, -0.2) is 0 Å². The number of nitrogens with zero attached hydrogens (tertiary/aromatic N) is 1. The zero-order valence-corrected chi connectivity index (χ0v) is 20.9. The molecular formula is C27H41NOS. The van der Waals surface area contributed by atoms with E-state index >= 15 is 0 Å². The summed E-state index contributed by atoms with van der Waals surface area (Å²) in [5, 5.41) is 2.91. The first-order valence-electron chi connectivity index (χ1n) is 11.8. The fourth-order valence-corrected chi connectivity index (χ4v) is 5.60. The van der Waals surface area contributed by atoms with Crippen LogP contribution < -0.4 is 0 Å². The minimum Gasteiger partial charge on any atom is -0.379 e. The first kappa shape index (κ1) is 23.5. The van der Waals surface area contributed by atoms with Gasteiger partial charge >= 0.3 is 0 Å².